The third-order valence-electron chi connectivity index (χ3n) is 2.04. The smallest absolute Gasteiger partial charge is 0.0911 e. The molecule has 1 heteroatoms. The molecule has 1 atom stereocenters. The van der Waals surface area contributed by atoms with Gasteiger partial charge in [0.25, 0.3) is 0 Å². The fraction of sp³-hybridized carbons (Fsp3) is 0.200. The molecule has 0 aliphatic carbocycles. The molecule has 0 saturated heterocycles. The van der Waals surface area contributed by atoms with Crippen molar-refractivity contribution in [1.82, 2.24) is 0 Å². The van der Waals surface area contributed by atoms with Gasteiger partial charge in [0.15, 0.2) is 0 Å². The van der Waals surface area contributed by atoms with Crippen molar-refractivity contribution in [3.05, 3.63) is 47.5 Å². The van der Waals surface area contributed by atoms with Crippen molar-refractivity contribution >= 4 is 0 Å². The van der Waals surface area contributed by atoms with Crippen LogP contribution in [0.15, 0.2) is 36.4 Å². The number of hydrogen-bond acceptors (Lipinski definition) is 1. The molecule has 0 radical (unpaired) electrons. The Kier molecular flexibility index (Phi) is 4.40. The number of benzene rings is 1. The molecule has 0 aromatic heterocycles. The topological polar surface area (TPSA) is 20.2 Å². The van der Waals surface area contributed by atoms with Crippen molar-refractivity contribution in [3.8, 4) is 24.2 Å². The molecular formula is C15H14O. The molecule has 0 spiro atoms. The molecule has 0 aliphatic rings. The van der Waals surface area contributed by atoms with E-state index >= 15 is 0 Å². The molecule has 1 nitrogen and oxygen atoms in total. The van der Waals surface area contributed by atoms with E-state index in [2.05, 4.69) is 24.3 Å². The van der Waals surface area contributed by atoms with Gasteiger partial charge in [-0.3, -0.25) is 0 Å². The SMILES string of the molecule is C#CCC(O)c1ccccc1C#CC(=C)C. The fourth-order valence-corrected chi connectivity index (χ4v) is 1.30. The molecule has 0 aliphatic heterocycles. The number of allylic oxidation sites excluding steroid dienone is 1. The Bertz CT molecular complexity index is 480. The number of terminal acetylenes is 1. The number of hydrogen-bond donors (Lipinski definition) is 1. The van der Waals surface area contributed by atoms with Gasteiger partial charge in [-0.15, -0.1) is 12.3 Å². The summed E-state index contributed by atoms with van der Waals surface area (Å²) in [6.07, 6.45) is 4.82. The van der Waals surface area contributed by atoms with Gasteiger partial charge in [0.05, 0.1) is 6.10 Å². The molecule has 0 bridgehead atoms. The number of rotatable bonds is 2. The predicted molar refractivity (Wildman–Crippen MR) is 66.5 cm³/mol. The largest absolute Gasteiger partial charge is 0.387 e. The average Bonchev–Trinajstić information content (AvgIpc) is 2.27. The summed E-state index contributed by atoms with van der Waals surface area (Å²) < 4.78 is 0. The van der Waals surface area contributed by atoms with Crippen LogP contribution in [-0.2, 0) is 0 Å². The van der Waals surface area contributed by atoms with Crippen LogP contribution in [-0.4, -0.2) is 5.11 Å². The van der Waals surface area contributed by atoms with E-state index in [1.54, 1.807) is 0 Å². The minimum Gasteiger partial charge on any atom is -0.387 e. The van der Waals surface area contributed by atoms with E-state index in [9.17, 15) is 5.11 Å². The van der Waals surface area contributed by atoms with E-state index in [1.807, 2.05) is 31.2 Å². The highest BCUT2D eigenvalue weighted by Crippen LogP contribution is 2.19. The molecule has 0 amide bonds. The molecule has 0 heterocycles. The molecule has 1 N–H and O–H groups in total. The van der Waals surface area contributed by atoms with Crippen LogP contribution in [0, 0.1) is 24.2 Å². The molecule has 1 rings (SSSR count). The van der Waals surface area contributed by atoms with Crippen LogP contribution in [0.1, 0.15) is 30.6 Å². The van der Waals surface area contributed by atoms with E-state index in [1.165, 1.54) is 0 Å². The highest BCUT2D eigenvalue weighted by atomic mass is 16.3. The maximum Gasteiger partial charge on any atom is 0.0911 e. The second-order valence-electron chi connectivity index (χ2n) is 3.54. The van der Waals surface area contributed by atoms with Crippen molar-refractivity contribution in [2.24, 2.45) is 0 Å². The Hall–Kier alpha value is -1.96. The summed E-state index contributed by atoms with van der Waals surface area (Å²) in [5.74, 6) is 8.31. The molecule has 16 heavy (non-hydrogen) atoms. The number of aliphatic hydroxyl groups is 1. The van der Waals surface area contributed by atoms with Crippen LogP contribution in [0.5, 0.6) is 0 Å². The highest BCUT2D eigenvalue weighted by molar-refractivity contribution is 5.45. The zero-order valence-electron chi connectivity index (χ0n) is 9.33. The first-order valence-corrected chi connectivity index (χ1v) is 5.03. The quantitative estimate of drug-likeness (QED) is 0.744. The van der Waals surface area contributed by atoms with E-state index in [0.29, 0.717) is 6.42 Å². The Morgan fingerprint density at radius 1 is 1.50 bits per heavy atom. The van der Waals surface area contributed by atoms with Crippen LogP contribution >= 0.6 is 0 Å². The van der Waals surface area contributed by atoms with Crippen molar-refractivity contribution < 1.29 is 5.11 Å². The van der Waals surface area contributed by atoms with E-state index in [0.717, 1.165) is 16.7 Å². The van der Waals surface area contributed by atoms with Crippen molar-refractivity contribution in [1.29, 1.82) is 0 Å². The summed E-state index contributed by atoms with van der Waals surface area (Å²) in [6, 6.07) is 7.45. The second kappa shape index (κ2) is 5.81. The van der Waals surface area contributed by atoms with Crippen LogP contribution in [0.2, 0.25) is 0 Å². The molecule has 1 aromatic rings. The molecule has 0 saturated carbocycles. The lowest BCUT2D eigenvalue weighted by Gasteiger charge is -2.09. The Morgan fingerprint density at radius 2 is 2.19 bits per heavy atom. The summed E-state index contributed by atoms with van der Waals surface area (Å²) in [7, 11) is 0. The Balaban J connectivity index is 3.07. The van der Waals surface area contributed by atoms with Gasteiger partial charge >= 0.3 is 0 Å². The molecule has 0 fully saturated rings. The molecule has 80 valence electrons. The van der Waals surface area contributed by atoms with Crippen molar-refractivity contribution in [2.75, 3.05) is 0 Å². The van der Waals surface area contributed by atoms with Gasteiger partial charge in [0.1, 0.15) is 0 Å². The van der Waals surface area contributed by atoms with Gasteiger partial charge in [0, 0.05) is 12.0 Å². The van der Waals surface area contributed by atoms with Crippen LogP contribution in [0.4, 0.5) is 0 Å². The highest BCUT2D eigenvalue weighted by Gasteiger charge is 2.08. The predicted octanol–water partition coefficient (Wildman–Crippen LogP) is 2.67. The second-order valence-corrected chi connectivity index (χ2v) is 3.54. The fourth-order valence-electron chi connectivity index (χ4n) is 1.30. The lowest BCUT2D eigenvalue weighted by molar-refractivity contribution is 0.184. The Morgan fingerprint density at radius 3 is 2.81 bits per heavy atom. The van der Waals surface area contributed by atoms with Crippen LogP contribution in [0.3, 0.4) is 0 Å². The lowest BCUT2D eigenvalue weighted by Crippen LogP contribution is -1.98. The van der Waals surface area contributed by atoms with E-state index < -0.39 is 6.10 Å². The third kappa shape index (κ3) is 3.31. The minimum atomic E-state index is -0.652. The summed E-state index contributed by atoms with van der Waals surface area (Å²) in [6.45, 7) is 5.55. The van der Waals surface area contributed by atoms with Gasteiger partial charge in [-0.2, -0.15) is 0 Å². The zero-order chi connectivity index (χ0) is 12.0. The van der Waals surface area contributed by atoms with E-state index in [4.69, 9.17) is 6.42 Å². The van der Waals surface area contributed by atoms with Gasteiger partial charge in [-0.05, 0) is 24.1 Å². The van der Waals surface area contributed by atoms with Crippen LogP contribution < -0.4 is 0 Å². The van der Waals surface area contributed by atoms with Crippen LogP contribution in [0.25, 0.3) is 0 Å². The average molecular weight is 210 g/mol. The zero-order valence-corrected chi connectivity index (χ0v) is 9.33. The van der Waals surface area contributed by atoms with Gasteiger partial charge in [-0.1, -0.05) is 36.6 Å². The normalized spacial score (nSPS) is 10.8. The van der Waals surface area contributed by atoms with Gasteiger partial charge < -0.3 is 5.11 Å². The van der Waals surface area contributed by atoms with Gasteiger partial charge in [-0.25, -0.2) is 0 Å². The first kappa shape index (κ1) is 12.1. The minimum absolute atomic E-state index is 0.297. The van der Waals surface area contributed by atoms with Crippen molar-refractivity contribution in [2.45, 2.75) is 19.4 Å². The summed E-state index contributed by atoms with van der Waals surface area (Å²) >= 11 is 0. The summed E-state index contributed by atoms with van der Waals surface area (Å²) in [5, 5.41) is 9.83. The standard InChI is InChI=1S/C15H14O/c1-4-7-15(16)14-9-6-5-8-13(14)11-10-12(2)3/h1,5-6,8-9,15-16H,2,7H2,3H3. The lowest BCUT2D eigenvalue weighted by atomic mass is 10.0. The summed E-state index contributed by atoms with van der Waals surface area (Å²) in [5.41, 5.74) is 2.36. The third-order valence-corrected chi connectivity index (χ3v) is 2.04. The molecule has 1 aromatic carbocycles. The maximum absolute atomic E-state index is 9.83. The first-order valence-electron chi connectivity index (χ1n) is 5.03. The van der Waals surface area contributed by atoms with E-state index in [-0.39, 0.29) is 0 Å². The Labute approximate surface area is 96.8 Å². The summed E-state index contributed by atoms with van der Waals surface area (Å²) in [4.78, 5) is 0. The maximum atomic E-state index is 9.83. The molecular weight excluding hydrogens is 196 g/mol. The first-order chi connectivity index (χ1) is 7.65. The number of aliphatic hydroxyl groups excluding tert-OH is 1. The van der Waals surface area contributed by atoms with Crippen molar-refractivity contribution in [3.63, 3.8) is 0 Å². The monoisotopic (exact) mass is 210 g/mol. The molecule has 1 unspecified atom stereocenters. The van der Waals surface area contributed by atoms with Gasteiger partial charge in [0.2, 0.25) is 0 Å².